The van der Waals surface area contributed by atoms with Gasteiger partial charge in [0.25, 0.3) is 0 Å². The Balaban J connectivity index is 1.05. The van der Waals surface area contributed by atoms with Crippen molar-refractivity contribution in [3.63, 3.8) is 0 Å². The van der Waals surface area contributed by atoms with E-state index < -0.39 is 0 Å². The van der Waals surface area contributed by atoms with Crippen LogP contribution in [-0.4, -0.2) is 19.6 Å². The van der Waals surface area contributed by atoms with E-state index in [9.17, 15) is 5.11 Å². The number of para-hydroxylation sites is 1. The van der Waals surface area contributed by atoms with Crippen molar-refractivity contribution >= 4 is 21.8 Å². The van der Waals surface area contributed by atoms with Crippen LogP contribution in [0, 0.1) is 5.41 Å². The van der Waals surface area contributed by atoms with Crippen molar-refractivity contribution in [3.05, 3.63) is 143 Å². The highest BCUT2D eigenvalue weighted by Crippen LogP contribution is 2.49. The fourth-order valence-electron chi connectivity index (χ4n) is 8.11. The summed E-state index contributed by atoms with van der Waals surface area (Å²) in [7, 11) is 0. The van der Waals surface area contributed by atoms with E-state index in [1.165, 1.54) is 27.8 Å². The maximum absolute atomic E-state index is 11.2. The van der Waals surface area contributed by atoms with Crippen LogP contribution in [-0.2, 0) is 31.1 Å². The van der Waals surface area contributed by atoms with Gasteiger partial charge in [-0.15, -0.1) is 0 Å². The quantitative estimate of drug-likeness (QED) is 0.211. The predicted octanol–water partition coefficient (Wildman–Crippen LogP) is 9.92. The number of rotatable bonds is 4. The normalized spacial score (nSPS) is 14.9. The van der Waals surface area contributed by atoms with Gasteiger partial charge in [0.1, 0.15) is 17.3 Å². The summed E-state index contributed by atoms with van der Waals surface area (Å²) in [5, 5.41) is 13.5. The number of aromatic nitrogens is 3. The Labute approximate surface area is 280 Å². The number of ether oxygens (including phenoxy) is 1. The van der Waals surface area contributed by atoms with Gasteiger partial charge in [-0.3, -0.25) is 4.57 Å². The number of aromatic hydroxyl groups is 1. The lowest BCUT2D eigenvalue weighted by Gasteiger charge is -2.21. The lowest BCUT2D eigenvalue weighted by atomic mass is 9.82. The van der Waals surface area contributed by atoms with E-state index in [4.69, 9.17) is 14.7 Å². The second-order valence-electron chi connectivity index (χ2n) is 14.8. The van der Waals surface area contributed by atoms with E-state index in [0.29, 0.717) is 17.3 Å². The van der Waals surface area contributed by atoms with Crippen LogP contribution in [0.15, 0.2) is 115 Å². The lowest BCUT2D eigenvalue weighted by molar-refractivity contribution is 0.326. The molecule has 0 radical (unpaired) electrons. The number of phenolic OH excluding ortho intramolecular Hbond substituents is 1. The Kier molecular flexibility index (Phi) is 6.32. The zero-order valence-corrected chi connectivity index (χ0v) is 27.5. The van der Waals surface area contributed by atoms with Crippen molar-refractivity contribution in [2.45, 2.75) is 51.9 Å². The van der Waals surface area contributed by atoms with Crippen molar-refractivity contribution in [3.8, 4) is 34.5 Å². The minimum atomic E-state index is -0.00153. The molecule has 48 heavy (non-hydrogen) atoms. The van der Waals surface area contributed by atoms with Crippen molar-refractivity contribution < 1.29 is 9.84 Å². The largest absolute Gasteiger partial charge is 0.507 e. The standard InChI is InChI=1S/C43H37N3O2/c1-42(2,3)31-17-18-44-40(21-31)46-37-13-7-6-11-33(37)34-16-15-32(22-38(34)46)48-41-14-8-12-36(45-41)35-19-29-25-43(26-30(29)20-39(35)47)23-27-9-4-5-10-28(27)24-43/h4-22,47H,23-26H2,1-3H3. The molecule has 0 aliphatic heterocycles. The zero-order valence-electron chi connectivity index (χ0n) is 27.5. The van der Waals surface area contributed by atoms with Gasteiger partial charge in [0, 0.05) is 34.7 Å². The molecule has 5 nitrogen and oxygen atoms in total. The van der Waals surface area contributed by atoms with Gasteiger partial charge in [-0.05, 0) is 113 Å². The third kappa shape index (κ3) is 4.76. The molecule has 0 unspecified atom stereocenters. The molecular weight excluding hydrogens is 590 g/mol. The summed E-state index contributed by atoms with van der Waals surface area (Å²) >= 11 is 0. The fraction of sp³-hybridized carbons (Fsp3) is 0.209. The van der Waals surface area contributed by atoms with E-state index in [1.807, 2.05) is 36.5 Å². The highest BCUT2D eigenvalue weighted by atomic mass is 16.5. The van der Waals surface area contributed by atoms with Gasteiger partial charge < -0.3 is 9.84 Å². The van der Waals surface area contributed by atoms with Crippen molar-refractivity contribution in [1.82, 2.24) is 14.5 Å². The first-order chi connectivity index (χ1) is 23.2. The molecule has 3 heterocycles. The number of phenols is 1. The van der Waals surface area contributed by atoms with E-state index in [1.54, 1.807) is 0 Å². The van der Waals surface area contributed by atoms with Gasteiger partial charge in [-0.2, -0.15) is 0 Å². The van der Waals surface area contributed by atoms with Gasteiger partial charge in [0.2, 0.25) is 5.88 Å². The first-order valence-corrected chi connectivity index (χ1v) is 16.8. The molecule has 1 spiro atoms. The van der Waals surface area contributed by atoms with Gasteiger partial charge in [0.05, 0.1) is 16.7 Å². The van der Waals surface area contributed by atoms with Crippen LogP contribution in [0.3, 0.4) is 0 Å². The third-order valence-corrected chi connectivity index (χ3v) is 10.4. The number of hydrogen-bond acceptors (Lipinski definition) is 4. The fourth-order valence-corrected chi connectivity index (χ4v) is 8.11. The van der Waals surface area contributed by atoms with E-state index in [-0.39, 0.29) is 16.6 Å². The molecule has 2 aliphatic carbocycles. The second-order valence-corrected chi connectivity index (χ2v) is 14.8. The first-order valence-electron chi connectivity index (χ1n) is 16.8. The molecule has 0 amide bonds. The number of benzene rings is 4. The summed E-state index contributed by atoms with van der Waals surface area (Å²) in [6.45, 7) is 6.66. The molecule has 0 saturated heterocycles. The molecule has 0 saturated carbocycles. The topological polar surface area (TPSA) is 60.2 Å². The van der Waals surface area contributed by atoms with Gasteiger partial charge >= 0.3 is 0 Å². The summed E-state index contributed by atoms with van der Waals surface area (Å²) in [6, 6.07) is 37.6. The lowest BCUT2D eigenvalue weighted by Crippen LogP contribution is -2.21. The van der Waals surface area contributed by atoms with Crippen molar-refractivity contribution in [2.24, 2.45) is 5.41 Å². The minimum absolute atomic E-state index is 0.00153. The van der Waals surface area contributed by atoms with Crippen LogP contribution in [0.2, 0.25) is 0 Å². The highest BCUT2D eigenvalue weighted by molar-refractivity contribution is 6.09. The molecule has 2 aliphatic rings. The average molecular weight is 628 g/mol. The Morgan fingerprint density at radius 1 is 0.688 bits per heavy atom. The van der Waals surface area contributed by atoms with Gasteiger partial charge in [-0.1, -0.05) is 69.3 Å². The summed E-state index contributed by atoms with van der Waals surface area (Å²) in [5.74, 6) is 2.30. The van der Waals surface area contributed by atoms with Crippen LogP contribution in [0.5, 0.6) is 17.4 Å². The van der Waals surface area contributed by atoms with Crippen LogP contribution in [0.4, 0.5) is 0 Å². The molecule has 9 rings (SSSR count). The van der Waals surface area contributed by atoms with Crippen LogP contribution < -0.4 is 4.74 Å². The predicted molar refractivity (Wildman–Crippen MR) is 192 cm³/mol. The Morgan fingerprint density at radius 3 is 2.19 bits per heavy atom. The van der Waals surface area contributed by atoms with Gasteiger partial charge in [-0.25, -0.2) is 9.97 Å². The van der Waals surface area contributed by atoms with Crippen molar-refractivity contribution in [2.75, 3.05) is 0 Å². The number of pyridine rings is 2. The molecule has 4 aromatic carbocycles. The Bertz CT molecular complexity index is 2370. The smallest absolute Gasteiger partial charge is 0.219 e. The summed E-state index contributed by atoms with van der Waals surface area (Å²) in [4.78, 5) is 9.69. The molecule has 5 heteroatoms. The van der Waals surface area contributed by atoms with E-state index in [2.05, 4.69) is 104 Å². The first kappa shape index (κ1) is 28.8. The van der Waals surface area contributed by atoms with Crippen LogP contribution in [0.1, 0.15) is 48.6 Å². The molecule has 7 aromatic rings. The Morgan fingerprint density at radius 2 is 1.40 bits per heavy atom. The highest BCUT2D eigenvalue weighted by Gasteiger charge is 2.42. The van der Waals surface area contributed by atoms with Crippen LogP contribution in [0.25, 0.3) is 38.9 Å². The maximum atomic E-state index is 11.2. The van der Waals surface area contributed by atoms with Crippen LogP contribution >= 0.6 is 0 Å². The molecule has 0 fully saturated rings. The number of hydrogen-bond donors (Lipinski definition) is 1. The molecule has 236 valence electrons. The monoisotopic (exact) mass is 627 g/mol. The number of fused-ring (bicyclic) bond motifs is 5. The van der Waals surface area contributed by atoms with E-state index >= 15 is 0 Å². The Hall–Kier alpha value is -5.42. The molecule has 0 bridgehead atoms. The third-order valence-electron chi connectivity index (χ3n) is 10.4. The van der Waals surface area contributed by atoms with Gasteiger partial charge in [0.15, 0.2) is 0 Å². The summed E-state index contributed by atoms with van der Waals surface area (Å²) in [6.07, 6.45) is 6.10. The SMILES string of the molecule is CC(C)(C)c1ccnc(-n2c3ccccc3c3ccc(Oc4cccc(-c5cc6c(cc5O)CC5(Cc7ccccc7C5)C6)n4)cc32)c1. The summed E-state index contributed by atoms with van der Waals surface area (Å²) < 4.78 is 8.65. The average Bonchev–Trinajstić information content (AvgIpc) is 3.72. The molecule has 0 atom stereocenters. The number of nitrogens with zero attached hydrogens (tertiary/aromatic N) is 3. The molecule has 1 N–H and O–H groups in total. The second kappa shape index (κ2) is 10.5. The van der Waals surface area contributed by atoms with E-state index in [0.717, 1.165) is 58.9 Å². The maximum Gasteiger partial charge on any atom is 0.219 e. The molecule has 3 aromatic heterocycles. The minimum Gasteiger partial charge on any atom is -0.507 e. The van der Waals surface area contributed by atoms with Crippen molar-refractivity contribution in [1.29, 1.82) is 0 Å². The molecular formula is C43H37N3O2. The zero-order chi connectivity index (χ0) is 32.6. The summed E-state index contributed by atoms with van der Waals surface area (Å²) in [5.41, 5.74) is 10.5.